The van der Waals surface area contributed by atoms with Gasteiger partial charge in [0.15, 0.2) is 0 Å². The van der Waals surface area contributed by atoms with Crippen molar-refractivity contribution in [1.29, 1.82) is 0 Å². The number of terminal acetylenes is 1. The zero-order valence-corrected chi connectivity index (χ0v) is 10.4. The normalized spacial score (nSPS) is 13.6. The highest BCUT2D eigenvalue weighted by Crippen LogP contribution is 2.27. The molecule has 0 bridgehead atoms. The fourth-order valence-electron chi connectivity index (χ4n) is 1.95. The molecule has 0 saturated heterocycles. The van der Waals surface area contributed by atoms with E-state index in [4.69, 9.17) is 6.42 Å². The molecule has 0 unspecified atom stereocenters. The average molecular weight is 236 g/mol. The van der Waals surface area contributed by atoms with Gasteiger partial charge in [0.1, 0.15) is 0 Å². The molecule has 1 nitrogen and oxygen atoms in total. The van der Waals surface area contributed by atoms with Gasteiger partial charge in [0, 0.05) is 6.42 Å². The van der Waals surface area contributed by atoms with Crippen LogP contribution in [0.4, 0.5) is 0 Å². The molecule has 0 aliphatic rings. The molecule has 0 amide bonds. The van der Waals surface area contributed by atoms with E-state index in [1.165, 1.54) is 5.56 Å². The molecular weight excluding hydrogens is 220 g/mol. The molecule has 0 spiro atoms. The van der Waals surface area contributed by atoms with E-state index in [0.29, 0.717) is 6.42 Å². The minimum absolute atomic E-state index is 0.317. The first-order valence-corrected chi connectivity index (χ1v) is 5.95. The summed E-state index contributed by atoms with van der Waals surface area (Å²) < 4.78 is 0. The molecule has 0 aliphatic heterocycles. The van der Waals surface area contributed by atoms with Crippen LogP contribution >= 0.6 is 0 Å². The maximum Gasteiger partial charge on any atom is 0.0977 e. The van der Waals surface area contributed by atoms with E-state index < -0.39 is 5.60 Å². The Kier molecular flexibility index (Phi) is 3.50. The smallest absolute Gasteiger partial charge is 0.0977 e. The van der Waals surface area contributed by atoms with Crippen LogP contribution in [0.1, 0.15) is 18.9 Å². The molecule has 0 aliphatic carbocycles. The summed E-state index contributed by atoms with van der Waals surface area (Å²) in [6.45, 7) is 1.74. The average Bonchev–Trinajstić information content (AvgIpc) is 2.40. The summed E-state index contributed by atoms with van der Waals surface area (Å²) in [4.78, 5) is 0. The van der Waals surface area contributed by atoms with Gasteiger partial charge in [-0.15, -0.1) is 12.3 Å². The second-order valence-corrected chi connectivity index (χ2v) is 4.60. The lowest BCUT2D eigenvalue weighted by molar-refractivity contribution is 0.0630. The summed E-state index contributed by atoms with van der Waals surface area (Å²) in [5.41, 5.74) is 2.20. The topological polar surface area (TPSA) is 20.2 Å². The fraction of sp³-hybridized carbons (Fsp3) is 0.176. The van der Waals surface area contributed by atoms with Gasteiger partial charge in [-0.3, -0.25) is 0 Å². The SMILES string of the molecule is C#CC[C@@](C)(O)c1ccc(-c2ccccc2)cc1. The second-order valence-electron chi connectivity index (χ2n) is 4.60. The summed E-state index contributed by atoms with van der Waals surface area (Å²) in [5.74, 6) is 2.50. The van der Waals surface area contributed by atoms with Crippen LogP contribution in [-0.2, 0) is 5.60 Å². The van der Waals surface area contributed by atoms with Crippen LogP contribution in [-0.4, -0.2) is 5.11 Å². The van der Waals surface area contributed by atoms with E-state index in [2.05, 4.69) is 18.1 Å². The lowest BCUT2D eigenvalue weighted by atomic mass is 9.91. The molecule has 0 aromatic heterocycles. The Balaban J connectivity index is 2.29. The fourth-order valence-corrected chi connectivity index (χ4v) is 1.95. The third-order valence-corrected chi connectivity index (χ3v) is 3.06. The molecule has 0 fully saturated rings. The summed E-state index contributed by atoms with van der Waals surface area (Å²) in [6, 6.07) is 18.0. The van der Waals surface area contributed by atoms with E-state index in [9.17, 15) is 5.11 Å². The van der Waals surface area contributed by atoms with Crippen LogP contribution in [0.2, 0.25) is 0 Å². The molecule has 0 heterocycles. The Bertz CT molecular complexity index is 544. The van der Waals surface area contributed by atoms with Crippen molar-refractivity contribution in [2.45, 2.75) is 18.9 Å². The van der Waals surface area contributed by atoms with Crippen molar-refractivity contribution in [2.24, 2.45) is 0 Å². The molecule has 2 rings (SSSR count). The van der Waals surface area contributed by atoms with Crippen LogP contribution in [0, 0.1) is 12.3 Å². The molecule has 2 aromatic rings. The summed E-state index contributed by atoms with van der Waals surface area (Å²) >= 11 is 0. The van der Waals surface area contributed by atoms with E-state index in [1.807, 2.05) is 42.5 Å². The van der Waals surface area contributed by atoms with Gasteiger partial charge in [-0.1, -0.05) is 54.6 Å². The molecule has 1 heteroatoms. The van der Waals surface area contributed by atoms with Gasteiger partial charge in [-0.05, 0) is 23.6 Å². The number of rotatable bonds is 3. The Morgan fingerprint density at radius 3 is 2.11 bits per heavy atom. The first kappa shape index (κ1) is 12.4. The first-order chi connectivity index (χ1) is 8.63. The molecule has 1 N–H and O–H groups in total. The molecular formula is C17H16O. The first-order valence-electron chi connectivity index (χ1n) is 5.95. The molecule has 90 valence electrons. The lowest BCUT2D eigenvalue weighted by Gasteiger charge is -2.21. The van der Waals surface area contributed by atoms with Gasteiger partial charge in [0.05, 0.1) is 5.60 Å². The third-order valence-electron chi connectivity index (χ3n) is 3.06. The van der Waals surface area contributed by atoms with E-state index >= 15 is 0 Å². The van der Waals surface area contributed by atoms with Crippen LogP contribution in [0.15, 0.2) is 54.6 Å². The summed E-state index contributed by atoms with van der Waals surface area (Å²) in [5, 5.41) is 10.2. The van der Waals surface area contributed by atoms with Gasteiger partial charge in [0.25, 0.3) is 0 Å². The van der Waals surface area contributed by atoms with Crippen molar-refractivity contribution in [2.75, 3.05) is 0 Å². The predicted molar refractivity (Wildman–Crippen MR) is 74.9 cm³/mol. The molecule has 0 saturated carbocycles. The standard InChI is InChI=1S/C17H16O/c1-3-13-17(2,18)16-11-9-15(10-12-16)14-7-5-4-6-8-14/h1,4-12,18H,13H2,2H3/t17-/m1/s1. The van der Waals surface area contributed by atoms with Crippen LogP contribution in [0.3, 0.4) is 0 Å². The van der Waals surface area contributed by atoms with Crippen LogP contribution in [0.25, 0.3) is 11.1 Å². The lowest BCUT2D eigenvalue weighted by Crippen LogP contribution is -2.19. The number of hydrogen-bond donors (Lipinski definition) is 1. The van der Waals surface area contributed by atoms with Crippen molar-refractivity contribution in [3.8, 4) is 23.5 Å². The van der Waals surface area contributed by atoms with Crippen LogP contribution in [0.5, 0.6) is 0 Å². The predicted octanol–water partition coefficient (Wildman–Crippen LogP) is 3.58. The highest BCUT2D eigenvalue weighted by atomic mass is 16.3. The largest absolute Gasteiger partial charge is 0.384 e. The number of aliphatic hydroxyl groups is 1. The van der Waals surface area contributed by atoms with E-state index in [-0.39, 0.29) is 0 Å². The van der Waals surface area contributed by atoms with Gasteiger partial charge < -0.3 is 5.11 Å². The number of benzene rings is 2. The maximum atomic E-state index is 10.2. The highest BCUT2D eigenvalue weighted by Gasteiger charge is 2.21. The Labute approximate surface area is 108 Å². The van der Waals surface area contributed by atoms with Gasteiger partial charge in [-0.25, -0.2) is 0 Å². The molecule has 0 radical (unpaired) electrons. The minimum atomic E-state index is -0.954. The molecule has 2 aromatic carbocycles. The Hall–Kier alpha value is -2.04. The third kappa shape index (κ3) is 2.61. The monoisotopic (exact) mass is 236 g/mol. The Morgan fingerprint density at radius 1 is 1.00 bits per heavy atom. The summed E-state index contributed by atoms with van der Waals surface area (Å²) in [7, 11) is 0. The van der Waals surface area contributed by atoms with Crippen molar-refractivity contribution >= 4 is 0 Å². The minimum Gasteiger partial charge on any atom is -0.384 e. The van der Waals surface area contributed by atoms with Crippen molar-refractivity contribution in [3.63, 3.8) is 0 Å². The zero-order chi connectivity index (χ0) is 13.0. The second kappa shape index (κ2) is 5.08. The van der Waals surface area contributed by atoms with Gasteiger partial charge >= 0.3 is 0 Å². The van der Waals surface area contributed by atoms with Crippen molar-refractivity contribution < 1.29 is 5.11 Å². The van der Waals surface area contributed by atoms with Crippen LogP contribution < -0.4 is 0 Å². The van der Waals surface area contributed by atoms with Gasteiger partial charge in [-0.2, -0.15) is 0 Å². The molecule has 1 atom stereocenters. The number of hydrogen-bond acceptors (Lipinski definition) is 1. The van der Waals surface area contributed by atoms with E-state index in [0.717, 1.165) is 11.1 Å². The highest BCUT2D eigenvalue weighted by molar-refractivity contribution is 5.63. The van der Waals surface area contributed by atoms with Crippen molar-refractivity contribution in [3.05, 3.63) is 60.2 Å². The van der Waals surface area contributed by atoms with Crippen molar-refractivity contribution in [1.82, 2.24) is 0 Å². The quantitative estimate of drug-likeness (QED) is 0.807. The molecule has 18 heavy (non-hydrogen) atoms. The summed E-state index contributed by atoms with van der Waals surface area (Å²) in [6.07, 6.45) is 5.58. The Morgan fingerprint density at radius 2 is 1.56 bits per heavy atom. The maximum absolute atomic E-state index is 10.2. The van der Waals surface area contributed by atoms with E-state index in [1.54, 1.807) is 6.92 Å². The van der Waals surface area contributed by atoms with Gasteiger partial charge in [0.2, 0.25) is 0 Å². The zero-order valence-electron chi connectivity index (χ0n) is 10.4.